The number of aryl methyl sites for hydroxylation is 1. The van der Waals surface area contributed by atoms with Crippen LogP contribution in [0.3, 0.4) is 0 Å². The van der Waals surface area contributed by atoms with Crippen molar-refractivity contribution >= 4 is 5.78 Å². The van der Waals surface area contributed by atoms with Crippen LogP contribution in [0.4, 0.5) is 0 Å². The summed E-state index contributed by atoms with van der Waals surface area (Å²) >= 11 is 0. The smallest absolute Gasteiger partial charge is 0.161 e. The lowest BCUT2D eigenvalue weighted by atomic mass is 10.0. The van der Waals surface area contributed by atoms with Crippen molar-refractivity contribution in [3.63, 3.8) is 0 Å². The zero-order chi connectivity index (χ0) is 13.8. The molecule has 0 amide bonds. The van der Waals surface area contributed by atoms with Crippen molar-refractivity contribution < 1.29 is 19.1 Å². The van der Waals surface area contributed by atoms with Gasteiger partial charge in [0.15, 0.2) is 11.5 Å². The summed E-state index contributed by atoms with van der Waals surface area (Å²) in [7, 11) is 1.50. The second kappa shape index (κ2) is 5.61. The Morgan fingerprint density at radius 3 is 2.84 bits per heavy atom. The van der Waals surface area contributed by atoms with Crippen LogP contribution in [-0.4, -0.2) is 18.0 Å². The highest BCUT2D eigenvalue weighted by Crippen LogP contribution is 2.33. The largest absolute Gasteiger partial charge is 0.504 e. The summed E-state index contributed by atoms with van der Waals surface area (Å²) in [6, 6.07) is 6.97. The molecule has 0 saturated heterocycles. The quantitative estimate of drug-likeness (QED) is 0.897. The number of ketones is 1. The van der Waals surface area contributed by atoms with E-state index in [9.17, 15) is 9.90 Å². The Balaban J connectivity index is 2.31. The predicted octanol–water partition coefficient (Wildman–Crippen LogP) is 3.18. The molecular formula is C15H16O4. The Bertz CT molecular complexity index is 584. The average molecular weight is 260 g/mol. The van der Waals surface area contributed by atoms with Crippen LogP contribution in [0.5, 0.6) is 11.5 Å². The number of phenols is 1. The van der Waals surface area contributed by atoms with Gasteiger partial charge in [0, 0.05) is 18.4 Å². The van der Waals surface area contributed by atoms with Crippen molar-refractivity contribution in [1.29, 1.82) is 0 Å². The molecule has 100 valence electrons. The molecule has 1 heterocycles. The van der Waals surface area contributed by atoms with Crippen LogP contribution in [-0.2, 0) is 11.2 Å². The number of phenolic OH excluding ortho intramolecular Hbond substituents is 1. The van der Waals surface area contributed by atoms with Gasteiger partial charge in [0.05, 0.1) is 13.4 Å². The average Bonchev–Trinajstić information content (AvgIpc) is 2.85. The number of carbonyl (C=O) groups is 1. The van der Waals surface area contributed by atoms with E-state index in [4.69, 9.17) is 9.15 Å². The maximum atomic E-state index is 11.0. The highest BCUT2D eigenvalue weighted by molar-refractivity contribution is 5.76. The summed E-state index contributed by atoms with van der Waals surface area (Å²) in [6.45, 7) is 1.56. The number of methoxy groups -OCH3 is 1. The molecule has 4 heteroatoms. The standard InChI is InChI=1S/C15H16O4/c1-10(16)3-6-14-12(7-8-19-14)11-4-5-13(17)15(9-11)18-2/h4-5,7-9,17H,3,6H2,1-2H3. The number of furan rings is 1. The van der Waals surface area contributed by atoms with Crippen molar-refractivity contribution in [2.75, 3.05) is 7.11 Å². The zero-order valence-electron chi connectivity index (χ0n) is 11.0. The molecule has 0 radical (unpaired) electrons. The van der Waals surface area contributed by atoms with Crippen molar-refractivity contribution in [3.05, 3.63) is 36.3 Å². The lowest BCUT2D eigenvalue weighted by Crippen LogP contribution is -1.94. The van der Waals surface area contributed by atoms with E-state index >= 15 is 0 Å². The van der Waals surface area contributed by atoms with Crippen molar-refractivity contribution in [2.24, 2.45) is 0 Å². The molecule has 1 aromatic carbocycles. The Labute approximate surface area is 111 Å². The van der Waals surface area contributed by atoms with Gasteiger partial charge in [-0.05, 0) is 30.7 Å². The topological polar surface area (TPSA) is 59.7 Å². The highest BCUT2D eigenvalue weighted by atomic mass is 16.5. The van der Waals surface area contributed by atoms with Crippen molar-refractivity contribution in [2.45, 2.75) is 19.8 Å². The Kier molecular flexibility index (Phi) is 3.90. The molecule has 19 heavy (non-hydrogen) atoms. The van der Waals surface area contributed by atoms with Gasteiger partial charge in [-0.3, -0.25) is 0 Å². The maximum Gasteiger partial charge on any atom is 0.161 e. The van der Waals surface area contributed by atoms with Crippen molar-refractivity contribution in [3.8, 4) is 22.6 Å². The molecule has 0 aliphatic heterocycles. The Hall–Kier alpha value is -2.23. The van der Waals surface area contributed by atoms with Gasteiger partial charge in [0.25, 0.3) is 0 Å². The molecule has 0 atom stereocenters. The lowest BCUT2D eigenvalue weighted by molar-refractivity contribution is -0.117. The van der Waals surface area contributed by atoms with Gasteiger partial charge >= 0.3 is 0 Å². The lowest BCUT2D eigenvalue weighted by Gasteiger charge is -2.07. The van der Waals surface area contributed by atoms with Gasteiger partial charge in [0.2, 0.25) is 0 Å². The molecule has 0 aliphatic rings. The molecule has 0 aliphatic carbocycles. The number of benzene rings is 1. The summed E-state index contributed by atoms with van der Waals surface area (Å²) in [5.74, 6) is 1.41. The summed E-state index contributed by atoms with van der Waals surface area (Å²) in [5, 5.41) is 9.58. The van der Waals surface area contributed by atoms with Gasteiger partial charge in [-0.25, -0.2) is 0 Å². The molecule has 1 aromatic heterocycles. The Morgan fingerprint density at radius 2 is 2.16 bits per heavy atom. The number of hydrogen-bond donors (Lipinski definition) is 1. The minimum absolute atomic E-state index is 0.0973. The third-order valence-corrected chi connectivity index (χ3v) is 2.94. The van der Waals surface area contributed by atoms with Gasteiger partial charge in [-0.1, -0.05) is 6.07 Å². The van der Waals surface area contributed by atoms with Crippen LogP contribution in [0.2, 0.25) is 0 Å². The summed E-state index contributed by atoms with van der Waals surface area (Å²) < 4.78 is 10.5. The third kappa shape index (κ3) is 2.96. The maximum absolute atomic E-state index is 11.0. The first-order valence-electron chi connectivity index (χ1n) is 6.05. The van der Waals surface area contributed by atoms with E-state index in [0.29, 0.717) is 18.6 Å². The van der Waals surface area contributed by atoms with E-state index in [1.54, 1.807) is 31.4 Å². The second-order valence-electron chi connectivity index (χ2n) is 4.35. The fourth-order valence-corrected chi connectivity index (χ4v) is 1.93. The number of aromatic hydroxyl groups is 1. The molecular weight excluding hydrogens is 244 g/mol. The van der Waals surface area contributed by atoms with Crippen LogP contribution in [0.15, 0.2) is 34.9 Å². The van der Waals surface area contributed by atoms with Crippen LogP contribution in [0.25, 0.3) is 11.1 Å². The SMILES string of the molecule is COc1cc(-c2ccoc2CCC(C)=O)ccc1O. The van der Waals surface area contributed by atoms with E-state index in [1.165, 1.54) is 7.11 Å². The fraction of sp³-hybridized carbons (Fsp3) is 0.267. The minimum atomic E-state index is 0.0973. The molecule has 0 bridgehead atoms. The fourth-order valence-electron chi connectivity index (χ4n) is 1.93. The molecule has 0 fully saturated rings. The van der Waals surface area contributed by atoms with E-state index in [-0.39, 0.29) is 11.5 Å². The normalized spacial score (nSPS) is 10.4. The first kappa shape index (κ1) is 13.2. The van der Waals surface area contributed by atoms with E-state index < -0.39 is 0 Å². The molecule has 1 N–H and O–H groups in total. The highest BCUT2D eigenvalue weighted by Gasteiger charge is 2.12. The number of ether oxygens (including phenoxy) is 1. The van der Waals surface area contributed by atoms with Gasteiger partial charge < -0.3 is 19.1 Å². The monoisotopic (exact) mass is 260 g/mol. The van der Waals surface area contributed by atoms with Crippen LogP contribution in [0.1, 0.15) is 19.1 Å². The van der Waals surface area contributed by atoms with Gasteiger partial charge in [-0.2, -0.15) is 0 Å². The summed E-state index contributed by atoms with van der Waals surface area (Å²) in [5.41, 5.74) is 1.81. The molecule has 0 unspecified atom stereocenters. The second-order valence-corrected chi connectivity index (χ2v) is 4.35. The first-order valence-corrected chi connectivity index (χ1v) is 6.05. The molecule has 4 nitrogen and oxygen atoms in total. The molecule has 0 spiro atoms. The zero-order valence-corrected chi connectivity index (χ0v) is 11.0. The number of rotatable bonds is 5. The van der Waals surface area contributed by atoms with Crippen LogP contribution >= 0.6 is 0 Å². The Morgan fingerprint density at radius 1 is 1.37 bits per heavy atom. The van der Waals surface area contributed by atoms with E-state index in [2.05, 4.69) is 0 Å². The van der Waals surface area contributed by atoms with Crippen LogP contribution in [0, 0.1) is 0 Å². The number of hydrogen-bond acceptors (Lipinski definition) is 4. The molecule has 2 rings (SSSR count). The third-order valence-electron chi connectivity index (χ3n) is 2.94. The van der Waals surface area contributed by atoms with Gasteiger partial charge in [0.1, 0.15) is 11.5 Å². The first-order chi connectivity index (χ1) is 9.11. The number of Topliss-reactive ketones (excluding diaryl/α,β-unsaturated/α-hetero) is 1. The van der Waals surface area contributed by atoms with Crippen molar-refractivity contribution in [1.82, 2.24) is 0 Å². The molecule has 2 aromatic rings. The number of carbonyl (C=O) groups excluding carboxylic acids is 1. The summed E-state index contributed by atoms with van der Waals surface area (Å²) in [4.78, 5) is 11.0. The predicted molar refractivity (Wildman–Crippen MR) is 71.4 cm³/mol. The summed E-state index contributed by atoms with van der Waals surface area (Å²) in [6.07, 6.45) is 2.63. The molecule has 0 saturated carbocycles. The van der Waals surface area contributed by atoms with E-state index in [0.717, 1.165) is 16.9 Å². The van der Waals surface area contributed by atoms with Gasteiger partial charge in [-0.15, -0.1) is 0 Å². The minimum Gasteiger partial charge on any atom is -0.504 e. The van der Waals surface area contributed by atoms with Crippen LogP contribution < -0.4 is 4.74 Å². The van der Waals surface area contributed by atoms with E-state index in [1.807, 2.05) is 6.07 Å².